The lowest BCUT2D eigenvalue weighted by molar-refractivity contribution is 0.118. The molecule has 0 saturated carbocycles. The maximum atomic E-state index is 14.5. The highest BCUT2D eigenvalue weighted by atomic mass is 19.1. The first kappa shape index (κ1) is 20.9. The van der Waals surface area contributed by atoms with Crippen LogP contribution in [0.25, 0.3) is 0 Å². The minimum Gasteiger partial charge on any atom is -0.380 e. The Morgan fingerprint density at radius 3 is 2.96 bits per heavy atom. The van der Waals surface area contributed by atoms with Gasteiger partial charge in [0.2, 0.25) is 5.96 Å². The fourth-order valence-corrected chi connectivity index (χ4v) is 2.60. The highest BCUT2D eigenvalue weighted by Gasteiger charge is 2.19. The molecule has 0 amide bonds. The van der Waals surface area contributed by atoms with E-state index in [0.29, 0.717) is 44.5 Å². The first-order chi connectivity index (χ1) is 13.0. The minimum absolute atomic E-state index is 0.223. The topological polar surface area (TPSA) is 52.5 Å². The SMILES string of the molecule is CCCOCCN(C)C1=C(F)CCN(C)C(N/N=C/c2cccc(C)c2)=N1. The molecule has 0 aliphatic carbocycles. The van der Waals surface area contributed by atoms with Crippen LogP contribution < -0.4 is 5.43 Å². The average Bonchev–Trinajstić information content (AvgIpc) is 2.78. The van der Waals surface area contributed by atoms with Gasteiger partial charge in [-0.1, -0.05) is 36.8 Å². The Hall–Kier alpha value is -2.41. The second-order valence-electron chi connectivity index (χ2n) is 6.65. The number of hydrogen-bond donors (Lipinski definition) is 1. The van der Waals surface area contributed by atoms with Crippen LogP contribution in [0.1, 0.15) is 30.9 Å². The zero-order valence-electron chi connectivity index (χ0n) is 16.7. The number of aliphatic imine (C=N–C) groups is 1. The Labute approximate surface area is 161 Å². The molecule has 0 bridgehead atoms. The number of benzene rings is 1. The second-order valence-corrected chi connectivity index (χ2v) is 6.65. The van der Waals surface area contributed by atoms with Gasteiger partial charge in [-0.15, -0.1) is 0 Å². The van der Waals surface area contributed by atoms with Crippen LogP contribution in [0.4, 0.5) is 4.39 Å². The molecule has 0 saturated heterocycles. The fourth-order valence-electron chi connectivity index (χ4n) is 2.60. The summed E-state index contributed by atoms with van der Waals surface area (Å²) in [6.07, 6.45) is 3.01. The summed E-state index contributed by atoms with van der Waals surface area (Å²) >= 11 is 0. The van der Waals surface area contributed by atoms with Crippen molar-refractivity contribution in [3.8, 4) is 0 Å². The number of hydrazone groups is 1. The van der Waals surface area contributed by atoms with E-state index < -0.39 is 0 Å². The minimum atomic E-state index is -0.223. The van der Waals surface area contributed by atoms with Crippen LogP contribution in [0.15, 0.2) is 46.0 Å². The number of likely N-dealkylation sites (N-methyl/N-ethyl adjacent to an activating group) is 1. The molecular formula is C20H30FN5O. The monoisotopic (exact) mass is 375 g/mol. The predicted octanol–water partition coefficient (Wildman–Crippen LogP) is 3.11. The van der Waals surface area contributed by atoms with Crippen molar-refractivity contribution in [2.24, 2.45) is 10.1 Å². The summed E-state index contributed by atoms with van der Waals surface area (Å²) in [4.78, 5) is 8.13. The Balaban J connectivity index is 2.06. The fraction of sp³-hybridized carbons (Fsp3) is 0.500. The van der Waals surface area contributed by atoms with Gasteiger partial charge in [0.15, 0.2) is 5.82 Å². The van der Waals surface area contributed by atoms with E-state index in [9.17, 15) is 4.39 Å². The van der Waals surface area contributed by atoms with Gasteiger partial charge in [-0.05, 0) is 18.9 Å². The second kappa shape index (κ2) is 10.7. The summed E-state index contributed by atoms with van der Waals surface area (Å²) in [5.74, 6) is 0.620. The summed E-state index contributed by atoms with van der Waals surface area (Å²) in [5.41, 5.74) is 5.11. The Morgan fingerprint density at radius 1 is 1.41 bits per heavy atom. The number of halogens is 1. The molecule has 0 atom stereocenters. The van der Waals surface area contributed by atoms with E-state index in [-0.39, 0.29) is 5.83 Å². The third-order valence-corrected chi connectivity index (χ3v) is 4.18. The number of guanidine groups is 1. The summed E-state index contributed by atoms with van der Waals surface area (Å²) < 4.78 is 20.0. The highest BCUT2D eigenvalue weighted by Crippen LogP contribution is 2.19. The molecule has 0 unspecified atom stereocenters. The molecule has 1 aromatic rings. The molecule has 1 aliphatic heterocycles. The third kappa shape index (κ3) is 6.67. The van der Waals surface area contributed by atoms with E-state index in [1.165, 1.54) is 5.56 Å². The molecule has 6 nitrogen and oxygen atoms in total. The van der Waals surface area contributed by atoms with E-state index >= 15 is 0 Å². The molecule has 0 spiro atoms. The maximum Gasteiger partial charge on any atom is 0.221 e. The van der Waals surface area contributed by atoms with Gasteiger partial charge in [-0.2, -0.15) is 10.1 Å². The molecule has 0 aromatic heterocycles. The van der Waals surface area contributed by atoms with Crippen molar-refractivity contribution in [2.45, 2.75) is 26.7 Å². The van der Waals surface area contributed by atoms with Crippen molar-refractivity contribution in [3.05, 3.63) is 47.0 Å². The van der Waals surface area contributed by atoms with Crippen LogP contribution >= 0.6 is 0 Å². The van der Waals surface area contributed by atoms with Gasteiger partial charge in [-0.25, -0.2) is 9.82 Å². The van der Waals surface area contributed by atoms with Crippen molar-refractivity contribution in [3.63, 3.8) is 0 Å². The zero-order chi connectivity index (χ0) is 19.6. The Morgan fingerprint density at radius 2 is 2.22 bits per heavy atom. The van der Waals surface area contributed by atoms with Gasteiger partial charge < -0.3 is 14.5 Å². The number of ether oxygens (including phenoxy) is 1. The first-order valence-electron chi connectivity index (χ1n) is 9.34. The number of nitrogens with zero attached hydrogens (tertiary/aromatic N) is 4. The quantitative estimate of drug-likeness (QED) is 0.431. The van der Waals surface area contributed by atoms with Crippen LogP contribution in [0.5, 0.6) is 0 Å². The average molecular weight is 375 g/mol. The molecular weight excluding hydrogens is 345 g/mol. The first-order valence-corrected chi connectivity index (χ1v) is 9.34. The van der Waals surface area contributed by atoms with Crippen LogP contribution in [0.3, 0.4) is 0 Å². The lowest BCUT2D eigenvalue weighted by Crippen LogP contribution is -2.36. The largest absolute Gasteiger partial charge is 0.380 e. The van der Waals surface area contributed by atoms with Gasteiger partial charge in [0, 0.05) is 40.2 Å². The number of rotatable bonds is 8. The standard InChI is InChI=1S/C20H30FN5O/c1-5-12-27-13-11-25(3)19-18(21)9-10-26(4)20(23-19)24-22-15-17-8-6-7-16(2)14-17/h6-8,14-15H,5,9-13H2,1-4H3,(H,23,24)/b22-15+. The smallest absolute Gasteiger partial charge is 0.221 e. The molecule has 1 N–H and O–H groups in total. The van der Waals surface area contributed by atoms with Crippen LogP contribution in [-0.4, -0.2) is 62.4 Å². The van der Waals surface area contributed by atoms with Crippen molar-refractivity contribution in [1.82, 2.24) is 15.2 Å². The van der Waals surface area contributed by atoms with Crippen molar-refractivity contribution in [1.29, 1.82) is 0 Å². The Kier molecular flexibility index (Phi) is 8.26. The summed E-state index contributed by atoms with van der Waals surface area (Å²) in [6, 6.07) is 8.04. The predicted molar refractivity (Wildman–Crippen MR) is 108 cm³/mol. The van der Waals surface area contributed by atoms with Gasteiger partial charge >= 0.3 is 0 Å². The molecule has 1 heterocycles. The van der Waals surface area contributed by atoms with Crippen molar-refractivity contribution < 1.29 is 9.13 Å². The molecule has 27 heavy (non-hydrogen) atoms. The maximum absolute atomic E-state index is 14.5. The van der Waals surface area contributed by atoms with Crippen LogP contribution in [0.2, 0.25) is 0 Å². The molecule has 0 fully saturated rings. The summed E-state index contributed by atoms with van der Waals surface area (Å²) in [6.45, 7) is 6.46. The molecule has 148 valence electrons. The van der Waals surface area contributed by atoms with Gasteiger partial charge in [0.05, 0.1) is 12.8 Å². The van der Waals surface area contributed by atoms with Gasteiger partial charge in [0.25, 0.3) is 0 Å². The number of aryl methyl sites for hydroxylation is 1. The van der Waals surface area contributed by atoms with Gasteiger partial charge in [-0.3, -0.25) is 0 Å². The number of nitrogens with one attached hydrogen (secondary N) is 1. The molecule has 1 aliphatic rings. The van der Waals surface area contributed by atoms with E-state index in [0.717, 1.165) is 12.0 Å². The molecule has 2 rings (SSSR count). The Bertz CT molecular complexity index is 701. The lowest BCUT2D eigenvalue weighted by atomic mass is 10.2. The highest BCUT2D eigenvalue weighted by molar-refractivity contribution is 5.84. The van der Waals surface area contributed by atoms with E-state index in [1.807, 2.05) is 50.2 Å². The lowest BCUT2D eigenvalue weighted by Gasteiger charge is -2.21. The normalized spacial score (nSPS) is 15.1. The summed E-state index contributed by atoms with van der Waals surface area (Å²) in [5, 5.41) is 4.27. The molecule has 1 aromatic carbocycles. The van der Waals surface area contributed by atoms with Crippen LogP contribution in [-0.2, 0) is 4.74 Å². The van der Waals surface area contributed by atoms with Gasteiger partial charge in [0.1, 0.15) is 5.83 Å². The van der Waals surface area contributed by atoms with Crippen LogP contribution in [0, 0.1) is 6.92 Å². The van der Waals surface area contributed by atoms with E-state index in [1.54, 1.807) is 11.1 Å². The molecule has 7 heteroatoms. The van der Waals surface area contributed by atoms with E-state index in [2.05, 4.69) is 22.4 Å². The van der Waals surface area contributed by atoms with E-state index in [4.69, 9.17) is 4.74 Å². The van der Waals surface area contributed by atoms with Crippen molar-refractivity contribution in [2.75, 3.05) is 40.4 Å². The third-order valence-electron chi connectivity index (χ3n) is 4.18. The van der Waals surface area contributed by atoms with Crippen molar-refractivity contribution >= 4 is 12.2 Å². The number of hydrogen-bond acceptors (Lipinski definition) is 6. The summed E-state index contributed by atoms with van der Waals surface area (Å²) in [7, 11) is 3.70. The zero-order valence-corrected chi connectivity index (χ0v) is 16.7. The molecule has 0 radical (unpaired) electrons.